The fourth-order valence-corrected chi connectivity index (χ4v) is 1.58. The molecule has 16 heavy (non-hydrogen) atoms. The first kappa shape index (κ1) is 12.4. The van der Waals surface area contributed by atoms with Gasteiger partial charge in [-0.2, -0.15) is 4.83 Å². The largest absolute Gasteiger partial charge is 0.453 e. The van der Waals surface area contributed by atoms with Gasteiger partial charge in [0.15, 0.2) is 0 Å². The number of sulfonamides is 1. The van der Waals surface area contributed by atoms with E-state index >= 15 is 0 Å². The predicted molar refractivity (Wildman–Crippen MR) is 57.0 cm³/mol. The van der Waals surface area contributed by atoms with E-state index in [4.69, 9.17) is 5.84 Å². The van der Waals surface area contributed by atoms with Crippen LogP contribution in [0, 0.1) is 0 Å². The van der Waals surface area contributed by atoms with E-state index in [1.54, 1.807) is 4.83 Å². The van der Waals surface area contributed by atoms with Gasteiger partial charge in [-0.05, 0) is 24.3 Å². The van der Waals surface area contributed by atoms with E-state index < -0.39 is 16.1 Å². The molecule has 0 aromatic heterocycles. The summed E-state index contributed by atoms with van der Waals surface area (Å²) in [5, 5.41) is 2.38. The lowest BCUT2D eigenvalue weighted by molar-refractivity contribution is 0.187. The van der Waals surface area contributed by atoms with Crippen molar-refractivity contribution in [2.24, 2.45) is 5.84 Å². The zero-order valence-corrected chi connectivity index (χ0v) is 9.24. The number of anilines is 1. The van der Waals surface area contributed by atoms with Crippen molar-refractivity contribution in [3.63, 3.8) is 0 Å². The SMILES string of the molecule is COC(=O)Nc1ccc(S(=O)(=O)NN)cc1. The summed E-state index contributed by atoms with van der Waals surface area (Å²) in [6.07, 6.45) is -0.632. The molecule has 0 bridgehead atoms. The van der Waals surface area contributed by atoms with Crippen molar-refractivity contribution < 1.29 is 17.9 Å². The Bertz CT molecular complexity index is 469. The summed E-state index contributed by atoms with van der Waals surface area (Å²) >= 11 is 0. The maximum Gasteiger partial charge on any atom is 0.411 e. The lowest BCUT2D eigenvalue weighted by atomic mass is 10.3. The number of carbonyl (C=O) groups excluding carboxylic acids is 1. The summed E-state index contributed by atoms with van der Waals surface area (Å²) in [6, 6.07) is 5.45. The van der Waals surface area contributed by atoms with E-state index in [2.05, 4.69) is 10.1 Å². The molecule has 0 fully saturated rings. The molecule has 0 saturated carbocycles. The van der Waals surface area contributed by atoms with E-state index in [1.807, 2.05) is 0 Å². The molecular weight excluding hydrogens is 234 g/mol. The lowest BCUT2D eigenvalue weighted by Gasteiger charge is -2.05. The highest BCUT2D eigenvalue weighted by Gasteiger charge is 2.11. The highest BCUT2D eigenvalue weighted by molar-refractivity contribution is 7.89. The quantitative estimate of drug-likeness (QED) is 0.513. The van der Waals surface area contributed by atoms with Crippen molar-refractivity contribution in [3.05, 3.63) is 24.3 Å². The average Bonchev–Trinajstić information content (AvgIpc) is 2.29. The normalized spacial score (nSPS) is 10.9. The van der Waals surface area contributed by atoms with Crippen LogP contribution in [0.4, 0.5) is 10.5 Å². The van der Waals surface area contributed by atoms with Crippen LogP contribution >= 0.6 is 0 Å². The molecule has 1 rings (SSSR count). The second-order valence-corrected chi connectivity index (χ2v) is 4.48. The van der Waals surface area contributed by atoms with Crippen molar-refractivity contribution in [3.8, 4) is 0 Å². The van der Waals surface area contributed by atoms with Gasteiger partial charge in [-0.3, -0.25) is 11.2 Å². The molecule has 8 heteroatoms. The zero-order chi connectivity index (χ0) is 12.2. The molecular formula is C8H11N3O4S. The molecule has 7 nitrogen and oxygen atoms in total. The van der Waals surface area contributed by atoms with Crippen LogP contribution in [0.15, 0.2) is 29.2 Å². The van der Waals surface area contributed by atoms with Crippen LogP contribution in [0.25, 0.3) is 0 Å². The molecule has 0 saturated heterocycles. The maximum atomic E-state index is 11.2. The molecule has 0 aliphatic heterocycles. The topological polar surface area (TPSA) is 111 Å². The highest BCUT2D eigenvalue weighted by atomic mass is 32.2. The van der Waals surface area contributed by atoms with Gasteiger partial charge < -0.3 is 4.74 Å². The first-order valence-electron chi connectivity index (χ1n) is 4.17. The molecule has 4 N–H and O–H groups in total. The first-order valence-corrected chi connectivity index (χ1v) is 5.65. The highest BCUT2D eigenvalue weighted by Crippen LogP contribution is 2.13. The minimum Gasteiger partial charge on any atom is -0.453 e. The molecule has 0 heterocycles. The van der Waals surface area contributed by atoms with Gasteiger partial charge in [-0.1, -0.05) is 0 Å². The Hall–Kier alpha value is -1.64. The zero-order valence-electron chi connectivity index (χ0n) is 8.43. The van der Waals surface area contributed by atoms with Crippen molar-refractivity contribution in [2.75, 3.05) is 12.4 Å². The number of hydrazine groups is 1. The second-order valence-electron chi connectivity index (χ2n) is 2.76. The number of benzene rings is 1. The van der Waals surface area contributed by atoms with E-state index in [-0.39, 0.29) is 4.90 Å². The summed E-state index contributed by atoms with van der Waals surface area (Å²) in [7, 11) is -2.44. The van der Waals surface area contributed by atoms with Gasteiger partial charge >= 0.3 is 6.09 Å². The number of rotatable bonds is 3. The third-order valence-corrected chi connectivity index (χ3v) is 2.95. The Morgan fingerprint density at radius 1 is 1.31 bits per heavy atom. The third kappa shape index (κ3) is 2.92. The summed E-state index contributed by atoms with van der Waals surface area (Å²) in [4.78, 5) is 12.5. The molecule has 0 aliphatic rings. The molecule has 1 aromatic carbocycles. The molecule has 1 aromatic rings. The number of nitrogens with one attached hydrogen (secondary N) is 2. The smallest absolute Gasteiger partial charge is 0.411 e. The van der Waals surface area contributed by atoms with E-state index in [0.717, 1.165) is 0 Å². The van der Waals surface area contributed by atoms with Gasteiger partial charge in [0.25, 0.3) is 10.0 Å². The molecule has 0 spiro atoms. The molecule has 0 aliphatic carbocycles. The number of nitrogens with two attached hydrogens (primary N) is 1. The van der Waals surface area contributed by atoms with Crippen LogP contribution in [0.3, 0.4) is 0 Å². The number of carbonyl (C=O) groups is 1. The van der Waals surface area contributed by atoms with Gasteiger partial charge in [0.1, 0.15) is 0 Å². The number of hydrogen-bond acceptors (Lipinski definition) is 5. The number of amides is 1. The standard InChI is InChI=1S/C8H11N3O4S/c1-15-8(12)10-6-2-4-7(5-3-6)16(13,14)11-9/h2-5,11H,9H2,1H3,(H,10,12). The monoisotopic (exact) mass is 245 g/mol. The Morgan fingerprint density at radius 2 is 1.88 bits per heavy atom. The summed E-state index contributed by atoms with van der Waals surface area (Å²) in [5.41, 5.74) is 0.419. The van der Waals surface area contributed by atoms with E-state index in [0.29, 0.717) is 5.69 Å². The lowest BCUT2D eigenvalue weighted by Crippen LogP contribution is -2.30. The van der Waals surface area contributed by atoms with Gasteiger partial charge in [0, 0.05) is 5.69 Å². The minimum atomic E-state index is -3.67. The minimum absolute atomic E-state index is 0.00501. The third-order valence-electron chi connectivity index (χ3n) is 1.75. The number of ether oxygens (including phenoxy) is 1. The molecule has 0 atom stereocenters. The summed E-state index contributed by atoms with van der Waals surface area (Å²) in [6.45, 7) is 0. The van der Waals surface area contributed by atoms with Crippen LogP contribution in [-0.4, -0.2) is 21.6 Å². The van der Waals surface area contributed by atoms with Gasteiger partial charge in [-0.25, -0.2) is 13.2 Å². The molecule has 1 amide bonds. The first-order chi connectivity index (χ1) is 7.49. The fourth-order valence-electron chi connectivity index (χ4n) is 0.954. The Morgan fingerprint density at radius 3 is 2.31 bits per heavy atom. The Labute approximate surface area is 92.6 Å². The van der Waals surface area contributed by atoms with Gasteiger partial charge in [-0.15, -0.1) is 0 Å². The van der Waals surface area contributed by atoms with Crippen molar-refractivity contribution in [1.82, 2.24) is 4.83 Å². The molecule has 88 valence electrons. The fraction of sp³-hybridized carbons (Fsp3) is 0.125. The van der Waals surface area contributed by atoms with Crippen LogP contribution in [0.2, 0.25) is 0 Å². The average molecular weight is 245 g/mol. The van der Waals surface area contributed by atoms with Crippen molar-refractivity contribution in [2.45, 2.75) is 4.90 Å². The Balaban J connectivity index is 2.88. The number of methoxy groups -OCH3 is 1. The van der Waals surface area contributed by atoms with E-state index in [1.165, 1.54) is 31.4 Å². The second kappa shape index (κ2) is 4.92. The van der Waals surface area contributed by atoms with Crippen LogP contribution in [0.5, 0.6) is 0 Å². The van der Waals surface area contributed by atoms with Crippen molar-refractivity contribution in [1.29, 1.82) is 0 Å². The van der Waals surface area contributed by atoms with Crippen molar-refractivity contribution >= 4 is 21.8 Å². The maximum absolute atomic E-state index is 11.2. The number of hydrogen-bond donors (Lipinski definition) is 3. The van der Waals surface area contributed by atoms with Crippen LogP contribution < -0.4 is 16.0 Å². The van der Waals surface area contributed by atoms with Gasteiger partial charge in [0.2, 0.25) is 0 Å². The predicted octanol–water partition coefficient (Wildman–Crippen LogP) is 0.0169. The van der Waals surface area contributed by atoms with Gasteiger partial charge in [0.05, 0.1) is 12.0 Å². The van der Waals surface area contributed by atoms with Crippen LogP contribution in [-0.2, 0) is 14.8 Å². The van der Waals surface area contributed by atoms with E-state index in [9.17, 15) is 13.2 Å². The molecule has 0 radical (unpaired) electrons. The Kier molecular flexibility index (Phi) is 3.82. The molecule has 0 unspecified atom stereocenters. The van der Waals surface area contributed by atoms with Crippen LogP contribution in [0.1, 0.15) is 0 Å². The summed E-state index contributed by atoms with van der Waals surface area (Å²) in [5.74, 6) is 4.85. The summed E-state index contributed by atoms with van der Waals surface area (Å²) < 4.78 is 26.9.